The number of hydrogen-bond donors (Lipinski definition) is 1. The lowest BCUT2D eigenvalue weighted by atomic mass is 9.60. The Hall–Kier alpha value is -2.42. The first kappa shape index (κ1) is 31.5. The summed E-state index contributed by atoms with van der Waals surface area (Å²) in [5, 5.41) is 0. The Kier molecular flexibility index (Phi) is 10.2. The zero-order valence-corrected chi connectivity index (χ0v) is 26.5. The molecule has 2 saturated carbocycles. The van der Waals surface area contributed by atoms with Crippen molar-refractivity contribution in [1.82, 2.24) is 4.98 Å². The number of pyridine rings is 1. The number of rotatable bonds is 10. The van der Waals surface area contributed by atoms with Gasteiger partial charge in [-0.2, -0.15) is 0 Å². The van der Waals surface area contributed by atoms with Crippen LogP contribution in [0.3, 0.4) is 0 Å². The maximum absolute atomic E-state index is 14.2. The predicted octanol–water partition coefficient (Wildman–Crippen LogP) is 10.7. The highest BCUT2D eigenvalue weighted by Gasteiger charge is 2.39. The van der Waals surface area contributed by atoms with Crippen molar-refractivity contribution < 1.29 is 4.39 Å². The van der Waals surface area contributed by atoms with Gasteiger partial charge in [0.2, 0.25) is 0 Å². The minimum Gasteiger partial charge on any atom is -0.323 e. The fraction of sp³-hybridized carbons (Fsp3) is 0.605. The molecule has 1 aromatic heterocycles. The predicted molar refractivity (Wildman–Crippen MR) is 173 cm³/mol. The fourth-order valence-corrected chi connectivity index (χ4v) is 8.63. The number of aromatic amines is 1. The zero-order chi connectivity index (χ0) is 29.9. The van der Waals surface area contributed by atoms with Crippen LogP contribution < -0.4 is 5.56 Å². The molecular formula is C38H54FNO. The number of aryl methyl sites for hydroxylation is 1. The van der Waals surface area contributed by atoms with E-state index in [0.29, 0.717) is 17.2 Å². The molecule has 41 heavy (non-hydrogen) atoms. The average molecular weight is 560 g/mol. The second-order valence-corrected chi connectivity index (χ2v) is 13.8. The topological polar surface area (TPSA) is 32.9 Å². The third-order valence-electron chi connectivity index (χ3n) is 11.0. The van der Waals surface area contributed by atoms with Crippen LogP contribution in [0.1, 0.15) is 116 Å². The Bertz CT molecular complexity index is 1270. The summed E-state index contributed by atoms with van der Waals surface area (Å²) in [6.45, 7) is 23.6. The van der Waals surface area contributed by atoms with E-state index in [1.165, 1.54) is 67.7 Å². The SMILES string of the molecule is C=C(C)CC(=C)C1(CC)C=C(C)C(C2CCC(C3CCC(C(=C)c4cc(F)c(C)[nH]c4=O)CC3)C(CCC)C2)=CC1. The maximum Gasteiger partial charge on any atom is 0.255 e. The van der Waals surface area contributed by atoms with E-state index < -0.39 is 0 Å². The van der Waals surface area contributed by atoms with Gasteiger partial charge in [0.1, 0.15) is 5.82 Å². The lowest BCUT2D eigenvalue weighted by molar-refractivity contribution is 0.0959. The number of allylic oxidation sites excluding steroid dienone is 7. The summed E-state index contributed by atoms with van der Waals surface area (Å²) in [6, 6.07) is 1.39. The molecule has 0 spiro atoms. The molecule has 0 amide bonds. The number of nitrogens with one attached hydrogen (secondary N) is 1. The number of halogens is 1. The highest BCUT2D eigenvalue weighted by atomic mass is 19.1. The monoisotopic (exact) mass is 559 g/mol. The van der Waals surface area contributed by atoms with Gasteiger partial charge in [-0.15, -0.1) is 0 Å². The van der Waals surface area contributed by atoms with E-state index in [1.807, 2.05) is 0 Å². The summed E-state index contributed by atoms with van der Waals surface area (Å²) in [6.07, 6.45) is 19.2. The van der Waals surface area contributed by atoms with Crippen LogP contribution in [-0.4, -0.2) is 4.98 Å². The van der Waals surface area contributed by atoms with Gasteiger partial charge in [-0.1, -0.05) is 75.3 Å². The Morgan fingerprint density at radius 1 is 1.07 bits per heavy atom. The van der Waals surface area contributed by atoms with Gasteiger partial charge in [0, 0.05) is 11.0 Å². The first-order valence-corrected chi connectivity index (χ1v) is 16.3. The van der Waals surface area contributed by atoms with Crippen LogP contribution in [0.25, 0.3) is 5.57 Å². The van der Waals surface area contributed by atoms with E-state index in [-0.39, 0.29) is 22.7 Å². The molecule has 1 heterocycles. The number of hydrogen-bond acceptors (Lipinski definition) is 1. The Morgan fingerprint density at radius 2 is 1.78 bits per heavy atom. The second kappa shape index (κ2) is 13.3. The minimum absolute atomic E-state index is 0.0738. The van der Waals surface area contributed by atoms with Crippen molar-refractivity contribution >= 4 is 5.57 Å². The molecule has 4 unspecified atom stereocenters. The number of H-pyrrole nitrogens is 1. The molecule has 0 saturated heterocycles. The van der Waals surface area contributed by atoms with Crippen LogP contribution >= 0.6 is 0 Å². The average Bonchev–Trinajstić information content (AvgIpc) is 2.94. The maximum atomic E-state index is 14.2. The number of aromatic nitrogens is 1. The minimum atomic E-state index is -0.357. The molecule has 3 heteroatoms. The fourth-order valence-electron chi connectivity index (χ4n) is 8.63. The lowest BCUT2D eigenvalue weighted by Crippen LogP contribution is -2.34. The Morgan fingerprint density at radius 3 is 2.39 bits per heavy atom. The van der Waals surface area contributed by atoms with Gasteiger partial charge in [0.15, 0.2) is 0 Å². The van der Waals surface area contributed by atoms with E-state index in [0.717, 1.165) is 55.4 Å². The van der Waals surface area contributed by atoms with Crippen molar-refractivity contribution in [2.75, 3.05) is 0 Å². The van der Waals surface area contributed by atoms with Crippen LogP contribution in [-0.2, 0) is 0 Å². The summed E-state index contributed by atoms with van der Waals surface area (Å²) < 4.78 is 14.2. The van der Waals surface area contributed by atoms with Gasteiger partial charge < -0.3 is 4.98 Å². The quantitative estimate of drug-likeness (QED) is 0.284. The van der Waals surface area contributed by atoms with Crippen molar-refractivity contribution in [1.29, 1.82) is 0 Å². The second-order valence-electron chi connectivity index (χ2n) is 13.8. The van der Waals surface area contributed by atoms with E-state index in [1.54, 1.807) is 12.5 Å². The summed E-state index contributed by atoms with van der Waals surface area (Å²) in [7, 11) is 0. The smallest absolute Gasteiger partial charge is 0.255 e. The molecule has 224 valence electrons. The third-order valence-corrected chi connectivity index (χ3v) is 11.0. The molecule has 0 radical (unpaired) electrons. The van der Waals surface area contributed by atoms with Gasteiger partial charge in [-0.05, 0) is 132 Å². The van der Waals surface area contributed by atoms with Crippen LogP contribution in [0, 0.1) is 47.7 Å². The third kappa shape index (κ3) is 6.81. The molecular weight excluding hydrogens is 505 g/mol. The van der Waals surface area contributed by atoms with E-state index in [9.17, 15) is 9.18 Å². The molecule has 2 fully saturated rings. The van der Waals surface area contributed by atoms with Crippen molar-refractivity contribution in [3.05, 3.63) is 87.7 Å². The summed E-state index contributed by atoms with van der Waals surface area (Å²) in [5.74, 6) is 2.90. The Balaban J connectivity index is 1.40. The summed E-state index contributed by atoms with van der Waals surface area (Å²) in [5.41, 5.74) is 6.98. The van der Waals surface area contributed by atoms with E-state index in [2.05, 4.69) is 64.6 Å². The van der Waals surface area contributed by atoms with E-state index in [4.69, 9.17) is 0 Å². The molecule has 0 aromatic carbocycles. The highest BCUT2D eigenvalue weighted by Crippen LogP contribution is 2.51. The molecule has 0 aliphatic heterocycles. The van der Waals surface area contributed by atoms with Crippen LogP contribution in [0.15, 0.2) is 65.0 Å². The standard InChI is InChI=1S/C38H54FNO/c1-9-11-31-21-32(33-18-19-38(10-2,23-25(33)5)26(6)20-24(3)4)16-17-34(31)30-14-12-29(13-15-30)27(7)35-22-36(39)28(8)40-37(35)41/h18,22-23,29-32,34H,3,6-7,9-17,19-21H2,1-2,4-5,8H3,(H,40,41). The van der Waals surface area contributed by atoms with Gasteiger partial charge in [-0.3, -0.25) is 4.79 Å². The van der Waals surface area contributed by atoms with Crippen molar-refractivity contribution in [3.63, 3.8) is 0 Å². The van der Waals surface area contributed by atoms with Crippen molar-refractivity contribution in [3.8, 4) is 0 Å². The van der Waals surface area contributed by atoms with E-state index >= 15 is 0 Å². The first-order chi connectivity index (χ1) is 19.5. The normalized spacial score (nSPS) is 30.3. The van der Waals surface area contributed by atoms with Gasteiger partial charge in [0.25, 0.3) is 5.56 Å². The molecule has 4 atom stereocenters. The molecule has 3 aliphatic carbocycles. The molecule has 3 aliphatic rings. The van der Waals surface area contributed by atoms with Crippen LogP contribution in [0.2, 0.25) is 0 Å². The highest BCUT2D eigenvalue weighted by molar-refractivity contribution is 5.64. The lowest BCUT2D eigenvalue weighted by Gasteiger charge is -2.45. The summed E-state index contributed by atoms with van der Waals surface area (Å²) in [4.78, 5) is 15.2. The van der Waals surface area contributed by atoms with Gasteiger partial charge >= 0.3 is 0 Å². The van der Waals surface area contributed by atoms with Gasteiger partial charge in [-0.25, -0.2) is 4.39 Å². The molecule has 2 nitrogen and oxygen atoms in total. The Labute approximate surface area is 249 Å². The molecule has 1 N–H and O–H groups in total. The summed E-state index contributed by atoms with van der Waals surface area (Å²) >= 11 is 0. The zero-order valence-electron chi connectivity index (χ0n) is 26.5. The largest absolute Gasteiger partial charge is 0.323 e. The molecule has 4 rings (SSSR count). The van der Waals surface area contributed by atoms with Gasteiger partial charge in [0.05, 0.1) is 5.69 Å². The molecule has 0 bridgehead atoms. The molecule has 1 aromatic rings. The van der Waals surface area contributed by atoms with Crippen LogP contribution in [0.5, 0.6) is 0 Å². The van der Waals surface area contributed by atoms with Crippen molar-refractivity contribution in [2.24, 2.45) is 35.0 Å². The van der Waals surface area contributed by atoms with Crippen LogP contribution in [0.4, 0.5) is 4.39 Å². The van der Waals surface area contributed by atoms with Crippen molar-refractivity contribution in [2.45, 2.75) is 112 Å². The first-order valence-electron chi connectivity index (χ1n) is 16.3.